The van der Waals surface area contributed by atoms with Gasteiger partial charge in [0.2, 0.25) is 0 Å². The third-order valence-corrected chi connectivity index (χ3v) is 2.12. The Morgan fingerprint density at radius 1 is 1.44 bits per heavy atom. The average Bonchev–Trinajstić information content (AvgIpc) is 2.28. The predicted octanol–water partition coefficient (Wildman–Crippen LogP) is 2.27. The molecule has 1 aromatic carbocycles. The molecule has 0 unspecified atom stereocenters. The van der Waals surface area contributed by atoms with Crippen molar-refractivity contribution in [2.75, 3.05) is 7.11 Å². The van der Waals surface area contributed by atoms with Crippen molar-refractivity contribution >= 4 is 5.97 Å². The van der Waals surface area contributed by atoms with E-state index in [0.717, 1.165) is 0 Å². The third-order valence-electron chi connectivity index (χ3n) is 2.12. The van der Waals surface area contributed by atoms with Gasteiger partial charge in [0.05, 0.1) is 7.11 Å². The normalized spacial score (nSPS) is 11.1. The van der Waals surface area contributed by atoms with E-state index in [4.69, 9.17) is 9.47 Å². The summed E-state index contributed by atoms with van der Waals surface area (Å²) < 4.78 is 9.90. The zero-order chi connectivity index (χ0) is 12.1. The minimum Gasteiger partial charge on any atom is -0.504 e. The van der Waals surface area contributed by atoms with E-state index < -0.39 is 5.97 Å². The summed E-state index contributed by atoms with van der Waals surface area (Å²) in [6.07, 6.45) is 1.66. The van der Waals surface area contributed by atoms with Gasteiger partial charge in [-0.3, -0.25) is 0 Å². The lowest BCUT2D eigenvalue weighted by atomic mass is 10.3. The van der Waals surface area contributed by atoms with Crippen LogP contribution in [0, 0.1) is 0 Å². The molecule has 1 rings (SSSR count). The number of ether oxygens (including phenoxy) is 2. The van der Waals surface area contributed by atoms with E-state index in [1.807, 2.05) is 0 Å². The number of esters is 1. The Labute approximate surface area is 94.1 Å². The lowest BCUT2D eigenvalue weighted by Gasteiger charge is -2.07. The fourth-order valence-electron chi connectivity index (χ4n) is 1.04. The molecule has 0 aromatic heterocycles. The fourth-order valence-corrected chi connectivity index (χ4v) is 1.04. The van der Waals surface area contributed by atoms with Crippen LogP contribution in [0.15, 0.2) is 29.8 Å². The molecule has 0 fully saturated rings. The monoisotopic (exact) mass is 222 g/mol. The van der Waals surface area contributed by atoms with E-state index >= 15 is 0 Å². The summed E-state index contributed by atoms with van der Waals surface area (Å²) in [7, 11) is 1.45. The zero-order valence-electron chi connectivity index (χ0n) is 9.48. The molecule has 16 heavy (non-hydrogen) atoms. The second-order valence-corrected chi connectivity index (χ2v) is 3.19. The lowest BCUT2D eigenvalue weighted by molar-refractivity contribution is -0.130. The van der Waals surface area contributed by atoms with Gasteiger partial charge >= 0.3 is 5.97 Å². The Hall–Kier alpha value is -1.97. The number of aromatic hydroxyl groups is 1. The Morgan fingerprint density at radius 3 is 2.62 bits per heavy atom. The molecule has 4 nitrogen and oxygen atoms in total. The zero-order valence-corrected chi connectivity index (χ0v) is 9.48. The quantitative estimate of drug-likeness (QED) is 0.484. The molecule has 1 N–H and O–H groups in total. The standard InChI is InChI=1S/C12H14O4/c1-4-8(2)12(14)16-9-5-6-11(15-3)10(13)7-9/h4-7,13H,1-3H3. The molecular weight excluding hydrogens is 208 g/mol. The van der Waals surface area contributed by atoms with Crippen molar-refractivity contribution in [2.45, 2.75) is 13.8 Å². The molecule has 86 valence electrons. The molecule has 0 atom stereocenters. The van der Waals surface area contributed by atoms with Crippen molar-refractivity contribution in [1.82, 2.24) is 0 Å². The molecule has 0 aliphatic carbocycles. The Morgan fingerprint density at radius 2 is 2.12 bits per heavy atom. The van der Waals surface area contributed by atoms with Gasteiger partial charge in [0.25, 0.3) is 0 Å². The Bertz CT molecular complexity index is 421. The highest BCUT2D eigenvalue weighted by Crippen LogP contribution is 2.29. The summed E-state index contributed by atoms with van der Waals surface area (Å²) in [4.78, 5) is 11.4. The van der Waals surface area contributed by atoms with E-state index in [9.17, 15) is 9.90 Å². The number of carbonyl (C=O) groups is 1. The first-order valence-electron chi connectivity index (χ1n) is 4.80. The molecule has 0 saturated heterocycles. The smallest absolute Gasteiger partial charge is 0.338 e. The van der Waals surface area contributed by atoms with Gasteiger partial charge in [-0.1, -0.05) is 6.08 Å². The van der Waals surface area contributed by atoms with Gasteiger partial charge in [-0.25, -0.2) is 4.79 Å². The minimum atomic E-state index is -0.438. The molecule has 1 aromatic rings. The van der Waals surface area contributed by atoms with Crippen molar-refractivity contribution in [3.8, 4) is 17.2 Å². The Balaban J connectivity index is 2.83. The largest absolute Gasteiger partial charge is 0.504 e. The van der Waals surface area contributed by atoms with Crippen molar-refractivity contribution < 1.29 is 19.4 Å². The maximum Gasteiger partial charge on any atom is 0.338 e. The maximum absolute atomic E-state index is 11.4. The molecule has 0 heterocycles. The van der Waals surface area contributed by atoms with E-state index in [2.05, 4.69) is 0 Å². The van der Waals surface area contributed by atoms with Crippen molar-refractivity contribution in [3.63, 3.8) is 0 Å². The summed E-state index contributed by atoms with van der Waals surface area (Å²) in [5.74, 6) is 0.116. The van der Waals surface area contributed by atoms with Crippen LogP contribution >= 0.6 is 0 Å². The van der Waals surface area contributed by atoms with Crippen molar-refractivity contribution in [1.29, 1.82) is 0 Å². The molecule has 0 saturated carbocycles. The predicted molar refractivity (Wildman–Crippen MR) is 59.7 cm³/mol. The SMILES string of the molecule is CC=C(C)C(=O)Oc1ccc(OC)c(O)c1. The molecule has 0 bridgehead atoms. The highest BCUT2D eigenvalue weighted by molar-refractivity contribution is 5.89. The first-order chi connectivity index (χ1) is 7.58. The fraction of sp³-hybridized carbons (Fsp3) is 0.250. The highest BCUT2D eigenvalue weighted by atomic mass is 16.5. The molecular formula is C12H14O4. The van der Waals surface area contributed by atoms with Gasteiger partial charge in [0.1, 0.15) is 5.75 Å². The summed E-state index contributed by atoms with van der Waals surface area (Å²) in [5.41, 5.74) is 0.510. The molecule has 4 heteroatoms. The van der Waals surface area contributed by atoms with Gasteiger partial charge in [0.15, 0.2) is 11.5 Å². The number of methoxy groups -OCH3 is 1. The van der Waals surface area contributed by atoms with Crippen LogP contribution in [0.1, 0.15) is 13.8 Å². The van der Waals surface area contributed by atoms with Crippen LogP contribution < -0.4 is 9.47 Å². The van der Waals surface area contributed by atoms with E-state index in [1.165, 1.54) is 19.2 Å². The molecule has 0 spiro atoms. The number of hydrogen-bond acceptors (Lipinski definition) is 4. The van der Waals surface area contributed by atoms with Crippen LogP contribution in [0.4, 0.5) is 0 Å². The average molecular weight is 222 g/mol. The van der Waals surface area contributed by atoms with Gasteiger partial charge in [0, 0.05) is 11.6 Å². The van der Waals surface area contributed by atoms with Crippen molar-refractivity contribution in [3.05, 3.63) is 29.8 Å². The molecule has 0 radical (unpaired) electrons. The first kappa shape index (κ1) is 12.1. The number of carbonyl (C=O) groups excluding carboxylic acids is 1. The van der Waals surface area contributed by atoms with Crippen LogP contribution in [0.25, 0.3) is 0 Å². The van der Waals surface area contributed by atoms with Crippen LogP contribution in [-0.2, 0) is 4.79 Å². The van der Waals surface area contributed by atoms with Gasteiger partial charge < -0.3 is 14.6 Å². The van der Waals surface area contributed by atoms with Crippen LogP contribution in [0.2, 0.25) is 0 Å². The Kier molecular flexibility index (Phi) is 3.94. The van der Waals surface area contributed by atoms with E-state index in [0.29, 0.717) is 11.3 Å². The minimum absolute atomic E-state index is 0.0640. The topological polar surface area (TPSA) is 55.8 Å². The van der Waals surface area contributed by atoms with Crippen LogP contribution in [-0.4, -0.2) is 18.2 Å². The molecule has 0 aliphatic rings. The third kappa shape index (κ3) is 2.76. The summed E-state index contributed by atoms with van der Waals surface area (Å²) in [6, 6.07) is 4.42. The first-order valence-corrected chi connectivity index (χ1v) is 4.80. The number of phenols is 1. The van der Waals surface area contributed by atoms with E-state index in [-0.39, 0.29) is 11.5 Å². The summed E-state index contributed by atoms with van der Waals surface area (Å²) in [6.45, 7) is 3.41. The second kappa shape index (κ2) is 5.21. The second-order valence-electron chi connectivity index (χ2n) is 3.19. The number of phenolic OH excluding ortho intramolecular Hbond substituents is 1. The van der Waals surface area contributed by atoms with Crippen molar-refractivity contribution in [2.24, 2.45) is 0 Å². The number of hydrogen-bond donors (Lipinski definition) is 1. The lowest BCUT2D eigenvalue weighted by Crippen LogP contribution is -2.08. The number of benzene rings is 1. The van der Waals surface area contributed by atoms with Crippen LogP contribution in [0.3, 0.4) is 0 Å². The highest BCUT2D eigenvalue weighted by Gasteiger charge is 2.08. The summed E-state index contributed by atoms with van der Waals surface area (Å²) in [5, 5.41) is 9.47. The number of rotatable bonds is 3. The molecule has 0 amide bonds. The summed E-state index contributed by atoms with van der Waals surface area (Å²) >= 11 is 0. The van der Waals surface area contributed by atoms with Gasteiger partial charge in [-0.2, -0.15) is 0 Å². The number of allylic oxidation sites excluding steroid dienone is 1. The van der Waals surface area contributed by atoms with Gasteiger partial charge in [-0.05, 0) is 26.0 Å². The van der Waals surface area contributed by atoms with E-state index in [1.54, 1.807) is 26.0 Å². The molecule has 0 aliphatic heterocycles. The van der Waals surface area contributed by atoms with Crippen LogP contribution in [0.5, 0.6) is 17.2 Å². The maximum atomic E-state index is 11.4. The van der Waals surface area contributed by atoms with Gasteiger partial charge in [-0.15, -0.1) is 0 Å².